The van der Waals surface area contributed by atoms with E-state index in [0.29, 0.717) is 24.8 Å². The number of furan rings is 1. The van der Waals surface area contributed by atoms with Gasteiger partial charge < -0.3 is 13.8 Å². The predicted molar refractivity (Wildman–Crippen MR) is 87.1 cm³/mol. The molecule has 0 bridgehead atoms. The molecule has 0 unspecified atom stereocenters. The Labute approximate surface area is 141 Å². The predicted octanol–water partition coefficient (Wildman–Crippen LogP) is 2.33. The Balaban J connectivity index is 1.60. The van der Waals surface area contributed by atoms with E-state index in [-0.39, 0.29) is 11.9 Å². The fraction of sp³-hybridized carbons (Fsp3) is 0.588. The third-order valence-corrected chi connectivity index (χ3v) is 4.40. The van der Waals surface area contributed by atoms with Crippen LogP contribution >= 0.6 is 0 Å². The van der Waals surface area contributed by atoms with Crippen LogP contribution in [-0.4, -0.2) is 46.0 Å². The molecule has 0 aliphatic carbocycles. The molecular formula is C17H24N4O3. The number of carbonyl (C=O) groups is 1. The maximum absolute atomic E-state index is 12.5. The van der Waals surface area contributed by atoms with Crippen LogP contribution in [0.2, 0.25) is 0 Å². The van der Waals surface area contributed by atoms with Crippen LogP contribution in [0.25, 0.3) is 0 Å². The fourth-order valence-electron chi connectivity index (χ4n) is 3.04. The molecule has 2 aromatic rings. The Hall–Kier alpha value is -2.15. The smallest absolute Gasteiger partial charge is 0.236 e. The highest BCUT2D eigenvalue weighted by atomic mass is 16.5. The van der Waals surface area contributed by atoms with Gasteiger partial charge in [0.15, 0.2) is 5.82 Å². The zero-order valence-electron chi connectivity index (χ0n) is 14.5. The summed E-state index contributed by atoms with van der Waals surface area (Å²) < 4.78 is 10.8. The highest BCUT2D eigenvalue weighted by Gasteiger charge is 2.31. The van der Waals surface area contributed by atoms with E-state index in [0.717, 1.165) is 37.3 Å². The minimum Gasteiger partial charge on any atom is -0.464 e. The standard InChI is InChI=1S/C17H24N4O3/c1-4-15-18-17(19-24-15)14-6-5-9-21(14)11-16(22)20(3)10-13-8-7-12(2)23-13/h7-8,14H,4-6,9-11H2,1-3H3/t14-/m1/s1. The average molecular weight is 332 g/mol. The van der Waals surface area contributed by atoms with Crippen LogP contribution in [0.3, 0.4) is 0 Å². The molecule has 24 heavy (non-hydrogen) atoms. The molecule has 1 aliphatic heterocycles. The van der Waals surface area contributed by atoms with E-state index in [1.807, 2.05) is 26.0 Å². The number of likely N-dealkylation sites (N-methyl/N-ethyl adjacent to an activating group) is 1. The number of aryl methyl sites for hydroxylation is 2. The minimum absolute atomic E-state index is 0.0650. The second kappa shape index (κ2) is 7.17. The van der Waals surface area contributed by atoms with Crippen LogP contribution < -0.4 is 0 Å². The van der Waals surface area contributed by atoms with Crippen LogP contribution in [-0.2, 0) is 17.8 Å². The van der Waals surface area contributed by atoms with Crippen molar-refractivity contribution in [3.8, 4) is 0 Å². The van der Waals surface area contributed by atoms with Gasteiger partial charge in [0.05, 0.1) is 19.1 Å². The van der Waals surface area contributed by atoms with Gasteiger partial charge in [0.25, 0.3) is 0 Å². The van der Waals surface area contributed by atoms with E-state index in [1.54, 1.807) is 11.9 Å². The first-order chi connectivity index (χ1) is 11.6. The summed E-state index contributed by atoms with van der Waals surface area (Å²) >= 11 is 0. The highest BCUT2D eigenvalue weighted by molar-refractivity contribution is 5.78. The molecule has 130 valence electrons. The van der Waals surface area contributed by atoms with Gasteiger partial charge in [-0.3, -0.25) is 9.69 Å². The maximum Gasteiger partial charge on any atom is 0.236 e. The summed E-state index contributed by atoms with van der Waals surface area (Å²) in [6, 6.07) is 3.88. The van der Waals surface area contributed by atoms with Crippen LogP contribution in [0.15, 0.2) is 21.1 Å². The van der Waals surface area contributed by atoms with Crippen molar-refractivity contribution in [3.05, 3.63) is 35.4 Å². The molecule has 7 nitrogen and oxygen atoms in total. The molecule has 3 rings (SSSR count). The van der Waals surface area contributed by atoms with Gasteiger partial charge in [-0.25, -0.2) is 0 Å². The molecular weight excluding hydrogens is 308 g/mol. The largest absolute Gasteiger partial charge is 0.464 e. The monoisotopic (exact) mass is 332 g/mol. The molecule has 0 radical (unpaired) electrons. The molecule has 3 heterocycles. The Morgan fingerprint density at radius 3 is 2.96 bits per heavy atom. The van der Waals surface area contributed by atoms with Gasteiger partial charge >= 0.3 is 0 Å². The van der Waals surface area contributed by atoms with E-state index >= 15 is 0 Å². The Morgan fingerprint density at radius 1 is 1.46 bits per heavy atom. The third kappa shape index (κ3) is 3.67. The number of carbonyl (C=O) groups excluding carboxylic acids is 1. The topological polar surface area (TPSA) is 75.6 Å². The SMILES string of the molecule is CCc1nc([C@H]2CCCN2CC(=O)N(C)Cc2ccc(C)o2)no1. The number of likely N-dealkylation sites (tertiary alicyclic amines) is 1. The number of amides is 1. The van der Waals surface area contributed by atoms with Gasteiger partial charge in [0, 0.05) is 13.5 Å². The Morgan fingerprint density at radius 2 is 2.29 bits per heavy atom. The lowest BCUT2D eigenvalue weighted by Crippen LogP contribution is -2.38. The Kier molecular flexibility index (Phi) is 4.99. The van der Waals surface area contributed by atoms with Crippen molar-refractivity contribution < 1.29 is 13.7 Å². The summed E-state index contributed by atoms with van der Waals surface area (Å²) in [5.41, 5.74) is 0. The van der Waals surface area contributed by atoms with E-state index in [2.05, 4.69) is 15.0 Å². The van der Waals surface area contributed by atoms with Crippen molar-refractivity contribution >= 4 is 5.91 Å². The molecule has 0 spiro atoms. The van der Waals surface area contributed by atoms with Crippen LogP contribution in [0.5, 0.6) is 0 Å². The number of hydrogen-bond donors (Lipinski definition) is 0. The molecule has 0 aromatic carbocycles. The van der Waals surface area contributed by atoms with Gasteiger partial charge in [-0.1, -0.05) is 12.1 Å². The number of hydrogen-bond acceptors (Lipinski definition) is 6. The van der Waals surface area contributed by atoms with Gasteiger partial charge in [-0.2, -0.15) is 4.98 Å². The zero-order valence-corrected chi connectivity index (χ0v) is 14.5. The number of aromatic nitrogens is 2. The van der Waals surface area contributed by atoms with Gasteiger partial charge in [0.1, 0.15) is 11.5 Å². The second-order valence-electron chi connectivity index (χ2n) is 6.29. The summed E-state index contributed by atoms with van der Waals surface area (Å²) in [5, 5.41) is 4.07. The molecule has 1 aliphatic rings. The molecule has 1 saturated heterocycles. The van der Waals surface area contributed by atoms with E-state index in [1.165, 1.54) is 0 Å². The minimum atomic E-state index is 0.0650. The molecule has 2 aromatic heterocycles. The van der Waals surface area contributed by atoms with Crippen molar-refractivity contribution in [1.29, 1.82) is 0 Å². The van der Waals surface area contributed by atoms with Crippen LogP contribution in [0.1, 0.15) is 49.0 Å². The zero-order chi connectivity index (χ0) is 17.1. The fourth-order valence-corrected chi connectivity index (χ4v) is 3.04. The first-order valence-corrected chi connectivity index (χ1v) is 8.42. The van der Waals surface area contributed by atoms with Crippen molar-refractivity contribution in [3.63, 3.8) is 0 Å². The maximum atomic E-state index is 12.5. The third-order valence-electron chi connectivity index (χ3n) is 4.40. The molecule has 1 atom stereocenters. The summed E-state index contributed by atoms with van der Waals surface area (Å²) in [5.74, 6) is 3.06. The lowest BCUT2D eigenvalue weighted by atomic mass is 10.2. The van der Waals surface area contributed by atoms with Crippen LogP contribution in [0.4, 0.5) is 0 Å². The van der Waals surface area contributed by atoms with Crippen LogP contribution in [0, 0.1) is 6.92 Å². The van der Waals surface area contributed by atoms with Crippen molar-refractivity contribution in [2.75, 3.05) is 20.1 Å². The number of nitrogens with zero attached hydrogens (tertiary/aromatic N) is 4. The number of rotatable bonds is 6. The summed E-state index contributed by atoms with van der Waals surface area (Å²) in [6.45, 7) is 5.60. The second-order valence-corrected chi connectivity index (χ2v) is 6.29. The van der Waals surface area contributed by atoms with E-state index in [4.69, 9.17) is 8.94 Å². The van der Waals surface area contributed by atoms with Crippen molar-refractivity contribution in [2.45, 2.75) is 45.7 Å². The van der Waals surface area contributed by atoms with E-state index < -0.39 is 0 Å². The highest BCUT2D eigenvalue weighted by Crippen LogP contribution is 2.30. The van der Waals surface area contributed by atoms with Gasteiger partial charge in [0.2, 0.25) is 11.8 Å². The van der Waals surface area contributed by atoms with Crippen molar-refractivity contribution in [2.24, 2.45) is 0 Å². The first-order valence-electron chi connectivity index (χ1n) is 8.42. The molecule has 1 fully saturated rings. The van der Waals surface area contributed by atoms with Gasteiger partial charge in [-0.05, 0) is 38.4 Å². The summed E-state index contributed by atoms with van der Waals surface area (Å²) in [4.78, 5) is 20.8. The molecule has 0 N–H and O–H groups in total. The quantitative estimate of drug-likeness (QED) is 0.808. The van der Waals surface area contributed by atoms with E-state index in [9.17, 15) is 4.79 Å². The molecule has 0 saturated carbocycles. The van der Waals surface area contributed by atoms with Gasteiger partial charge in [-0.15, -0.1) is 0 Å². The lowest BCUT2D eigenvalue weighted by molar-refractivity contribution is -0.132. The normalized spacial score (nSPS) is 18.2. The molecule has 7 heteroatoms. The Bertz CT molecular complexity index is 694. The first kappa shape index (κ1) is 16.7. The summed E-state index contributed by atoms with van der Waals surface area (Å²) in [7, 11) is 1.80. The molecule has 1 amide bonds. The average Bonchev–Trinajstić information content (AvgIpc) is 3.27. The summed E-state index contributed by atoms with van der Waals surface area (Å²) in [6.07, 6.45) is 2.72. The van der Waals surface area contributed by atoms with Crippen molar-refractivity contribution in [1.82, 2.24) is 19.9 Å². The lowest BCUT2D eigenvalue weighted by Gasteiger charge is -2.24.